The molecular formula is C9H6Cl3NO. The maximum atomic E-state index is 10.0. The largest absolute Gasteiger partial charge is 0.240 e. The van der Waals surface area contributed by atoms with Crippen molar-refractivity contribution in [3.8, 4) is 0 Å². The van der Waals surface area contributed by atoms with Crippen molar-refractivity contribution in [1.29, 1.82) is 0 Å². The number of hydrogen-bond donors (Lipinski definition) is 0. The maximum Gasteiger partial charge on any atom is 0.240 e. The van der Waals surface area contributed by atoms with E-state index in [1.54, 1.807) is 18.2 Å². The predicted octanol–water partition coefficient (Wildman–Crippen LogP) is 3.79. The summed E-state index contributed by atoms with van der Waals surface area (Å²) in [5.74, 6) is 0. The molecule has 1 aromatic carbocycles. The minimum Gasteiger partial charge on any atom is -0.211 e. The lowest BCUT2D eigenvalue weighted by atomic mass is 10.1. The van der Waals surface area contributed by atoms with E-state index in [9.17, 15) is 4.79 Å². The number of rotatable bonds is 1. The van der Waals surface area contributed by atoms with Gasteiger partial charge in [-0.05, 0) is 24.6 Å². The second kappa shape index (κ2) is 4.33. The highest BCUT2D eigenvalue weighted by Gasteiger charge is 2.24. The van der Waals surface area contributed by atoms with Crippen LogP contribution in [0.5, 0.6) is 0 Å². The van der Waals surface area contributed by atoms with Crippen molar-refractivity contribution < 1.29 is 4.79 Å². The van der Waals surface area contributed by atoms with Crippen LogP contribution in [0.4, 0.5) is 5.69 Å². The van der Waals surface area contributed by atoms with Gasteiger partial charge in [0.25, 0.3) is 0 Å². The smallest absolute Gasteiger partial charge is 0.211 e. The average molecular weight is 251 g/mol. The van der Waals surface area contributed by atoms with Crippen LogP contribution in [0.1, 0.15) is 11.1 Å². The van der Waals surface area contributed by atoms with Crippen molar-refractivity contribution in [3.05, 3.63) is 29.3 Å². The molecule has 0 bridgehead atoms. The fraction of sp³-hybridized carbons (Fsp3) is 0.222. The highest BCUT2D eigenvalue weighted by Crippen LogP contribution is 2.41. The number of aryl methyl sites for hydroxylation is 1. The molecule has 0 aromatic heterocycles. The van der Waals surface area contributed by atoms with Crippen LogP contribution >= 0.6 is 34.8 Å². The Kier molecular flexibility index (Phi) is 3.57. The third-order valence-electron chi connectivity index (χ3n) is 1.70. The first kappa shape index (κ1) is 11.5. The van der Waals surface area contributed by atoms with Gasteiger partial charge in [0, 0.05) is 5.56 Å². The molecule has 0 aliphatic heterocycles. The molecular weight excluding hydrogens is 244 g/mol. The Balaban J connectivity index is 3.28. The number of halogens is 3. The normalized spacial score (nSPS) is 10.9. The lowest BCUT2D eigenvalue weighted by Gasteiger charge is -2.14. The lowest BCUT2D eigenvalue weighted by Crippen LogP contribution is -2.02. The van der Waals surface area contributed by atoms with Gasteiger partial charge < -0.3 is 0 Å². The van der Waals surface area contributed by atoms with Gasteiger partial charge in [-0.3, -0.25) is 0 Å². The molecule has 0 amide bonds. The molecule has 0 spiro atoms. The summed E-state index contributed by atoms with van der Waals surface area (Å²) in [4.78, 5) is 13.5. The van der Waals surface area contributed by atoms with Gasteiger partial charge >= 0.3 is 0 Å². The van der Waals surface area contributed by atoms with E-state index in [4.69, 9.17) is 34.8 Å². The molecule has 0 atom stereocenters. The molecule has 0 saturated heterocycles. The van der Waals surface area contributed by atoms with Crippen LogP contribution in [0, 0.1) is 6.92 Å². The number of hydrogen-bond acceptors (Lipinski definition) is 2. The van der Waals surface area contributed by atoms with Crippen LogP contribution in [0.25, 0.3) is 0 Å². The molecule has 0 unspecified atom stereocenters. The van der Waals surface area contributed by atoms with E-state index in [0.717, 1.165) is 5.56 Å². The molecule has 0 fully saturated rings. The van der Waals surface area contributed by atoms with E-state index in [2.05, 4.69) is 4.99 Å². The summed E-state index contributed by atoms with van der Waals surface area (Å²) in [7, 11) is 0. The minimum atomic E-state index is -1.50. The highest BCUT2D eigenvalue weighted by molar-refractivity contribution is 6.66. The topological polar surface area (TPSA) is 29.4 Å². The van der Waals surface area contributed by atoms with E-state index in [0.29, 0.717) is 11.3 Å². The molecule has 0 N–H and O–H groups in total. The molecule has 0 aliphatic rings. The number of benzene rings is 1. The summed E-state index contributed by atoms with van der Waals surface area (Å²) in [6.07, 6.45) is 1.43. The lowest BCUT2D eigenvalue weighted by molar-refractivity contribution is 0.565. The molecule has 0 radical (unpaired) electrons. The van der Waals surface area contributed by atoms with Crippen molar-refractivity contribution in [2.24, 2.45) is 4.99 Å². The molecule has 0 heterocycles. The molecule has 0 saturated carbocycles. The quantitative estimate of drug-likeness (QED) is 0.423. The maximum absolute atomic E-state index is 10.0. The first-order chi connectivity index (χ1) is 6.45. The second-order valence-corrected chi connectivity index (χ2v) is 4.98. The van der Waals surface area contributed by atoms with Crippen molar-refractivity contribution in [2.45, 2.75) is 10.7 Å². The predicted molar refractivity (Wildman–Crippen MR) is 58.2 cm³/mol. The van der Waals surface area contributed by atoms with E-state index in [-0.39, 0.29) is 0 Å². The molecule has 1 rings (SSSR count). The van der Waals surface area contributed by atoms with Gasteiger partial charge in [-0.1, -0.05) is 40.9 Å². The van der Waals surface area contributed by atoms with Gasteiger partial charge in [0.2, 0.25) is 9.87 Å². The van der Waals surface area contributed by atoms with Crippen LogP contribution < -0.4 is 0 Å². The fourth-order valence-electron chi connectivity index (χ4n) is 1.04. The Labute approximate surface area is 96.5 Å². The number of carbonyl (C=O) groups excluding carboxylic acids is 1. The van der Waals surface area contributed by atoms with Gasteiger partial charge in [0.1, 0.15) is 0 Å². The zero-order valence-electron chi connectivity index (χ0n) is 7.22. The van der Waals surface area contributed by atoms with E-state index < -0.39 is 3.79 Å². The minimum absolute atomic E-state index is 0.423. The summed E-state index contributed by atoms with van der Waals surface area (Å²) in [5, 5.41) is 0. The van der Waals surface area contributed by atoms with E-state index >= 15 is 0 Å². The van der Waals surface area contributed by atoms with Crippen LogP contribution in [-0.4, -0.2) is 6.08 Å². The standard InChI is InChI=1S/C9H6Cl3NO/c1-6-2-3-7(13-5-14)4-8(6)9(10,11)12/h2-4H,1H3. The Morgan fingerprint density at radius 2 is 2.00 bits per heavy atom. The van der Waals surface area contributed by atoms with Crippen molar-refractivity contribution in [1.82, 2.24) is 0 Å². The number of isocyanates is 1. The number of nitrogens with zero attached hydrogens (tertiary/aromatic N) is 1. The Morgan fingerprint density at radius 3 is 2.50 bits per heavy atom. The summed E-state index contributed by atoms with van der Waals surface area (Å²) in [6, 6.07) is 4.93. The first-order valence-electron chi connectivity index (χ1n) is 3.71. The Hall–Kier alpha value is -0.530. The van der Waals surface area contributed by atoms with Crippen molar-refractivity contribution >= 4 is 46.6 Å². The zero-order valence-corrected chi connectivity index (χ0v) is 9.49. The molecule has 5 heteroatoms. The molecule has 0 aliphatic carbocycles. The van der Waals surface area contributed by atoms with Crippen LogP contribution in [-0.2, 0) is 8.59 Å². The third-order valence-corrected chi connectivity index (χ3v) is 2.31. The summed E-state index contributed by atoms with van der Waals surface area (Å²) < 4.78 is -1.50. The van der Waals surface area contributed by atoms with Gasteiger partial charge in [0.05, 0.1) is 5.69 Å². The van der Waals surface area contributed by atoms with Crippen LogP contribution in [0.3, 0.4) is 0 Å². The Morgan fingerprint density at radius 1 is 1.36 bits per heavy atom. The second-order valence-electron chi connectivity index (χ2n) is 2.70. The van der Waals surface area contributed by atoms with Crippen molar-refractivity contribution in [3.63, 3.8) is 0 Å². The fourth-order valence-corrected chi connectivity index (χ4v) is 1.65. The molecule has 2 nitrogen and oxygen atoms in total. The number of alkyl halides is 3. The van der Waals surface area contributed by atoms with Gasteiger partial charge in [-0.25, -0.2) is 4.79 Å². The van der Waals surface area contributed by atoms with Gasteiger partial charge in [-0.2, -0.15) is 4.99 Å². The molecule has 14 heavy (non-hydrogen) atoms. The Bertz CT molecular complexity index is 392. The third kappa shape index (κ3) is 2.73. The summed E-state index contributed by atoms with van der Waals surface area (Å²) in [6.45, 7) is 1.81. The van der Waals surface area contributed by atoms with Crippen LogP contribution in [0.2, 0.25) is 0 Å². The molecule has 74 valence electrons. The van der Waals surface area contributed by atoms with Gasteiger partial charge in [-0.15, -0.1) is 0 Å². The molecule has 1 aromatic rings. The first-order valence-corrected chi connectivity index (χ1v) is 4.84. The monoisotopic (exact) mass is 249 g/mol. The van der Waals surface area contributed by atoms with E-state index in [1.165, 1.54) is 6.08 Å². The SMILES string of the molecule is Cc1ccc(N=C=O)cc1C(Cl)(Cl)Cl. The average Bonchev–Trinajstić information content (AvgIpc) is 2.07. The van der Waals surface area contributed by atoms with Crippen molar-refractivity contribution in [2.75, 3.05) is 0 Å². The van der Waals surface area contributed by atoms with E-state index in [1.807, 2.05) is 6.92 Å². The summed E-state index contributed by atoms with van der Waals surface area (Å²) >= 11 is 17.2. The summed E-state index contributed by atoms with van der Waals surface area (Å²) in [5.41, 5.74) is 1.76. The number of aliphatic imine (C=N–C) groups is 1. The zero-order chi connectivity index (χ0) is 10.8. The van der Waals surface area contributed by atoms with Gasteiger partial charge in [0.15, 0.2) is 0 Å². The highest BCUT2D eigenvalue weighted by atomic mass is 35.6. The van der Waals surface area contributed by atoms with Crippen LogP contribution in [0.15, 0.2) is 23.2 Å².